The Morgan fingerprint density at radius 3 is 2.89 bits per heavy atom. The molecule has 0 aliphatic rings. The first kappa shape index (κ1) is 11.8. The number of benzene rings is 1. The van der Waals surface area contributed by atoms with Crippen LogP contribution in [0.2, 0.25) is 0 Å². The molecule has 2 heterocycles. The van der Waals surface area contributed by atoms with Crippen molar-refractivity contribution in [3.8, 4) is 0 Å². The number of aromatic amines is 1. The van der Waals surface area contributed by atoms with E-state index in [2.05, 4.69) is 32.5 Å². The van der Waals surface area contributed by atoms with Crippen LogP contribution < -0.4 is 11.3 Å². The van der Waals surface area contributed by atoms with Crippen molar-refractivity contribution in [1.82, 2.24) is 20.4 Å². The van der Waals surface area contributed by atoms with Crippen LogP contribution in [0, 0.1) is 0 Å². The van der Waals surface area contributed by atoms with Crippen LogP contribution in [-0.2, 0) is 6.42 Å². The summed E-state index contributed by atoms with van der Waals surface area (Å²) in [4.78, 5) is 11.9. The number of hydrogen-bond acceptors (Lipinski definition) is 4. The Bertz CT molecular complexity index is 662. The minimum Gasteiger partial charge on any atom is -0.347 e. The molecule has 0 radical (unpaired) electrons. The summed E-state index contributed by atoms with van der Waals surface area (Å²) in [6.07, 6.45) is 4.19. The molecule has 5 heteroatoms. The fourth-order valence-electron chi connectivity index (χ4n) is 2.13. The van der Waals surface area contributed by atoms with E-state index in [-0.39, 0.29) is 6.04 Å². The molecule has 0 amide bonds. The molecule has 5 nitrogen and oxygen atoms in total. The Morgan fingerprint density at radius 1 is 1.21 bits per heavy atom. The summed E-state index contributed by atoms with van der Waals surface area (Å²) in [5, 5.41) is 1.14. The molecular formula is C14H15N5. The van der Waals surface area contributed by atoms with E-state index in [0.29, 0.717) is 6.42 Å². The minimum absolute atomic E-state index is 0.0661. The summed E-state index contributed by atoms with van der Waals surface area (Å²) in [6, 6.07) is 12.1. The lowest BCUT2D eigenvalue weighted by Gasteiger charge is -2.13. The average Bonchev–Trinajstić information content (AvgIpc) is 2.98. The van der Waals surface area contributed by atoms with Crippen LogP contribution >= 0.6 is 0 Å². The predicted molar refractivity (Wildman–Crippen MR) is 74.1 cm³/mol. The molecule has 0 fully saturated rings. The van der Waals surface area contributed by atoms with Gasteiger partial charge in [0.05, 0.1) is 11.6 Å². The number of hydrogen-bond donors (Lipinski definition) is 3. The molecule has 3 aromatic rings. The maximum atomic E-state index is 5.59. The first-order valence-electron chi connectivity index (χ1n) is 6.17. The van der Waals surface area contributed by atoms with Gasteiger partial charge in [0.2, 0.25) is 0 Å². The van der Waals surface area contributed by atoms with Crippen LogP contribution in [0.3, 0.4) is 0 Å². The first-order valence-corrected chi connectivity index (χ1v) is 6.17. The van der Waals surface area contributed by atoms with E-state index in [1.165, 1.54) is 0 Å². The summed E-state index contributed by atoms with van der Waals surface area (Å²) in [5.74, 6) is 6.40. The lowest BCUT2D eigenvalue weighted by Crippen LogP contribution is -2.30. The molecule has 19 heavy (non-hydrogen) atoms. The Labute approximate surface area is 110 Å². The number of hydrazine groups is 1. The van der Waals surface area contributed by atoms with Gasteiger partial charge in [-0.3, -0.25) is 10.8 Å². The van der Waals surface area contributed by atoms with Gasteiger partial charge in [-0.1, -0.05) is 24.3 Å². The highest BCUT2D eigenvalue weighted by Gasteiger charge is 2.13. The highest BCUT2D eigenvalue weighted by molar-refractivity contribution is 5.78. The number of imidazole rings is 1. The summed E-state index contributed by atoms with van der Waals surface area (Å²) in [6.45, 7) is 0. The third-order valence-corrected chi connectivity index (χ3v) is 3.12. The molecule has 0 saturated carbocycles. The Balaban J connectivity index is 1.88. The van der Waals surface area contributed by atoms with Crippen molar-refractivity contribution in [2.24, 2.45) is 5.84 Å². The van der Waals surface area contributed by atoms with Gasteiger partial charge in [0, 0.05) is 29.9 Å². The van der Waals surface area contributed by atoms with E-state index in [1.54, 1.807) is 12.4 Å². The zero-order valence-corrected chi connectivity index (χ0v) is 10.4. The molecule has 2 aromatic heterocycles. The number of nitrogens with two attached hydrogens (primary N) is 1. The highest BCUT2D eigenvalue weighted by atomic mass is 15.2. The van der Waals surface area contributed by atoms with Crippen molar-refractivity contribution < 1.29 is 0 Å². The van der Waals surface area contributed by atoms with Crippen LogP contribution in [0.5, 0.6) is 0 Å². The van der Waals surface area contributed by atoms with Crippen LogP contribution in [0.1, 0.15) is 17.6 Å². The van der Waals surface area contributed by atoms with Crippen molar-refractivity contribution >= 4 is 10.9 Å². The maximum absolute atomic E-state index is 5.59. The number of pyridine rings is 1. The van der Waals surface area contributed by atoms with Crippen LogP contribution in [0.15, 0.2) is 48.8 Å². The first-order chi connectivity index (χ1) is 9.36. The van der Waals surface area contributed by atoms with E-state index in [9.17, 15) is 0 Å². The van der Waals surface area contributed by atoms with Gasteiger partial charge in [-0.15, -0.1) is 0 Å². The number of fused-ring (bicyclic) bond motifs is 1. The molecule has 0 aliphatic carbocycles. The number of para-hydroxylation sites is 1. The Kier molecular flexibility index (Phi) is 3.22. The second kappa shape index (κ2) is 5.17. The van der Waals surface area contributed by atoms with Crippen molar-refractivity contribution in [2.75, 3.05) is 0 Å². The van der Waals surface area contributed by atoms with Crippen molar-refractivity contribution in [3.05, 3.63) is 60.3 Å². The van der Waals surface area contributed by atoms with Crippen molar-refractivity contribution in [3.63, 3.8) is 0 Å². The molecule has 96 valence electrons. The van der Waals surface area contributed by atoms with Gasteiger partial charge in [0.15, 0.2) is 0 Å². The molecule has 1 unspecified atom stereocenters. The number of aromatic nitrogens is 3. The quantitative estimate of drug-likeness (QED) is 0.488. The van der Waals surface area contributed by atoms with E-state index in [0.717, 1.165) is 22.4 Å². The highest BCUT2D eigenvalue weighted by Crippen LogP contribution is 2.16. The average molecular weight is 253 g/mol. The molecule has 0 aliphatic heterocycles. The van der Waals surface area contributed by atoms with Crippen LogP contribution in [-0.4, -0.2) is 15.0 Å². The molecule has 0 bridgehead atoms. The lowest BCUT2D eigenvalue weighted by atomic mass is 10.1. The Morgan fingerprint density at radius 2 is 2.11 bits per heavy atom. The normalized spacial score (nSPS) is 12.7. The van der Waals surface area contributed by atoms with E-state index in [4.69, 9.17) is 5.84 Å². The van der Waals surface area contributed by atoms with E-state index >= 15 is 0 Å². The summed E-state index contributed by atoms with van der Waals surface area (Å²) >= 11 is 0. The molecule has 0 saturated heterocycles. The topological polar surface area (TPSA) is 79.6 Å². The number of rotatable bonds is 4. The summed E-state index contributed by atoms with van der Waals surface area (Å²) in [5.41, 5.74) is 4.75. The summed E-state index contributed by atoms with van der Waals surface area (Å²) < 4.78 is 0. The van der Waals surface area contributed by atoms with Gasteiger partial charge >= 0.3 is 0 Å². The SMILES string of the molecule is NNC(Cc1ccc2ccccc2n1)c1ncc[nH]1. The second-order valence-corrected chi connectivity index (χ2v) is 4.39. The fourth-order valence-corrected chi connectivity index (χ4v) is 2.13. The standard InChI is InChI=1S/C14H15N5/c15-19-13(14-16-7-8-17-14)9-11-6-5-10-3-1-2-4-12(10)18-11/h1-8,13,19H,9,15H2,(H,16,17). The lowest BCUT2D eigenvalue weighted by molar-refractivity contribution is 0.523. The van der Waals surface area contributed by atoms with Gasteiger partial charge < -0.3 is 4.98 Å². The molecular weight excluding hydrogens is 238 g/mol. The zero-order chi connectivity index (χ0) is 13.1. The monoisotopic (exact) mass is 253 g/mol. The zero-order valence-electron chi connectivity index (χ0n) is 10.4. The molecule has 4 N–H and O–H groups in total. The molecule has 1 aromatic carbocycles. The number of nitrogens with one attached hydrogen (secondary N) is 2. The molecule has 0 spiro atoms. The third kappa shape index (κ3) is 2.47. The number of nitrogens with zero attached hydrogens (tertiary/aromatic N) is 2. The predicted octanol–water partition coefficient (Wildman–Crippen LogP) is 1.70. The Hall–Kier alpha value is -2.24. The van der Waals surface area contributed by atoms with Gasteiger partial charge in [-0.05, 0) is 12.1 Å². The van der Waals surface area contributed by atoms with Crippen LogP contribution in [0.4, 0.5) is 0 Å². The van der Waals surface area contributed by atoms with Crippen molar-refractivity contribution in [1.29, 1.82) is 0 Å². The van der Waals surface area contributed by atoms with Gasteiger partial charge in [0.1, 0.15) is 5.82 Å². The third-order valence-electron chi connectivity index (χ3n) is 3.12. The smallest absolute Gasteiger partial charge is 0.124 e. The maximum Gasteiger partial charge on any atom is 0.124 e. The van der Waals surface area contributed by atoms with Crippen LogP contribution in [0.25, 0.3) is 10.9 Å². The van der Waals surface area contributed by atoms with Gasteiger partial charge in [-0.2, -0.15) is 0 Å². The molecule has 3 rings (SSSR count). The molecule has 1 atom stereocenters. The minimum atomic E-state index is -0.0661. The van der Waals surface area contributed by atoms with E-state index in [1.807, 2.05) is 24.3 Å². The van der Waals surface area contributed by atoms with E-state index < -0.39 is 0 Å². The second-order valence-electron chi connectivity index (χ2n) is 4.39. The summed E-state index contributed by atoms with van der Waals surface area (Å²) in [7, 11) is 0. The van der Waals surface area contributed by atoms with Crippen molar-refractivity contribution in [2.45, 2.75) is 12.5 Å². The fraction of sp³-hybridized carbons (Fsp3) is 0.143. The largest absolute Gasteiger partial charge is 0.347 e. The van der Waals surface area contributed by atoms with Gasteiger partial charge in [-0.25, -0.2) is 10.4 Å². The van der Waals surface area contributed by atoms with Gasteiger partial charge in [0.25, 0.3) is 0 Å². The number of H-pyrrole nitrogens is 1.